The van der Waals surface area contributed by atoms with Crippen molar-refractivity contribution in [2.75, 3.05) is 29.9 Å². The number of rotatable bonds is 4. The molecule has 1 saturated carbocycles. The average Bonchev–Trinajstić information content (AvgIpc) is 2.57. The number of nitrogens with two attached hydrogens (primary N) is 1. The van der Waals surface area contributed by atoms with Crippen LogP contribution in [0.1, 0.15) is 45.1 Å². The Bertz CT molecular complexity index is 577. The van der Waals surface area contributed by atoms with Crippen molar-refractivity contribution < 1.29 is 9.13 Å². The lowest BCUT2D eigenvalue weighted by molar-refractivity contribution is -0.00539. The molecule has 5 heteroatoms. The molecule has 2 aliphatic rings. The van der Waals surface area contributed by atoms with E-state index < -0.39 is 0 Å². The fourth-order valence-electron chi connectivity index (χ4n) is 4.13. The fraction of sp³-hybridized carbons (Fsp3) is 0.700. The second kappa shape index (κ2) is 7.92. The van der Waals surface area contributed by atoms with Crippen molar-refractivity contribution in [3.05, 3.63) is 23.5 Å². The first kappa shape index (κ1) is 18.5. The van der Waals surface area contributed by atoms with Gasteiger partial charge < -0.3 is 20.7 Å². The van der Waals surface area contributed by atoms with Crippen LogP contribution in [0.2, 0.25) is 0 Å². The molecule has 1 aliphatic carbocycles. The SMILES string of the molecule is Cc1c(NCC2CCC(N)CC2)ccc(N2C[C@@H](C)O[C@H](C)C2)c1F. The summed E-state index contributed by atoms with van der Waals surface area (Å²) in [6, 6.07) is 4.30. The van der Waals surface area contributed by atoms with Gasteiger partial charge in [0, 0.05) is 36.9 Å². The lowest BCUT2D eigenvalue weighted by atomic mass is 9.86. The molecule has 0 radical (unpaired) electrons. The van der Waals surface area contributed by atoms with Crippen molar-refractivity contribution in [2.24, 2.45) is 11.7 Å². The molecule has 0 bridgehead atoms. The summed E-state index contributed by atoms with van der Waals surface area (Å²) in [4.78, 5) is 2.10. The summed E-state index contributed by atoms with van der Waals surface area (Å²) in [5, 5.41) is 3.46. The second-order valence-corrected chi connectivity index (χ2v) is 7.90. The zero-order valence-corrected chi connectivity index (χ0v) is 15.7. The van der Waals surface area contributed by atoms with Crippen LogP contribution < -0.4 is 16.0 Å². The number of nitrogens with one attached hydrogen (secondary N) is 1. The third-order valence-corrected chi connectivity index (χ3v) is 5.60. The summed E-state index contributed by atoms with van der Waals surface area (Å²) in [5.74, 6) is 0.528. The largest absolute Gasteiger partial charge is 0.384 e. The lowest BCUT2D eigenvalue weighted by Gasteiger charge is -2.37. The highest BCUT2D eigenvalue weighted by molar-refractivity contribution is 5.61. The molecule has 0 spiro atoms. The van der Waals surface area contributed by atoms with Gasteiger partial charge >= 0.3 is 0 Å². The van der Waals surface area contributed by atoms with Gasteiger partial charge in [-0.15, -0.1) is 0 Å². The first-order chi connectivity index (χ1) is 11.9. The average molecular weight is 349 g/mol. The number of nitrogens with zero attached hydrogens (tertiary/aromatic N) is 1. The van der Waals surface area contributed by atoms with E-state index in [2.05, 4.69) is 10.2 Å². The topological polar surface area (TPSA) is 50.5 Å². The van der Waals surface area contributed by atoms with Gasteiger partial charge in [0.25, 0.3) is 0 Å². The third-order valence-electron chi connectivity index (χ3n) is 5.60. The molecule has 140 valence electrons. The Morgan fingerprint density at radius 2 is 1.80 bits per heavy atom. The third kappa shape index (κ3) is 4.45. The monoisotopic (exact) mass is 349 g/mol. The minimum Gasteiger partial charge on any atom is -0.384 e. The standard InChI is InChI=1S/C20H32FN3O/c1-13-11-24(12-14(2)25-13)19-9-8-18(15(3)20(19)21)23-10-16-4-6-17(22)7-5-16/h8-9,13-14,16-17,23H,4-7,10-12,22H2,1-3H3/t13-,14-,16?,17?/m1/s1. The van der Waals surface area contributed by atoms with Crippen molar-refractivity contribution in [3.63, 3.8) is 0 Å². The molecule has 1 heterocycles. The van der Waals surface area contributed by atoms with Gasteiger partial charge in [0.15, 0.2) is 5.82 Å². The summed E-state index contributed by atoms with van der Waals surface area (Å²) >= 11 is 0. The summed E-state index contributed by atoms with van der Waals surface area (Å²) in [7, 11) is 0. The Kier molecular flexibility index (Phi) is 5.85. The molecule has 1 aliphatic heterocycles. The molecule has 3 rings (SSSR count). The van der Waals surface area contributed by atoms with Crippen LogP contribution >= 0.6 is 0 Å². The van der Waals surface area contributed by atoms with Gasteiger partial charge in [-0.2, -0.15) is 0 Å². The maximum absolute atomic E-state index is 15.0. The van der Waals surface area contributed by atoms with Gasteiger partial charge in [0.2, 0.25) is 0 Å². The van der Waals surface area contributed by atoms with E-state index in [-0.39, 0.29) is 18.0 Å². The molecule has 1 aromatic carbocycles. The molecule has 0 unspecified atom stereocenters. The van der Waals surface area contributed by atoms with Crippen molar-refractivity contribution in [3.8, 4) is 0 Å². The van der Waals surface area contributed by atoms with Crippen LogP contribution in [0.3, 0.4) is 0 Å². The van der Waals surface area contributed by atoms with Crippen LogP contribution in [0.5, 0.6) is 0 Å². The molecule has 0 aromatic heterocycles. The number of hydrogen-bond donors (Lipinski definition) is 2. The van der Waals surface area contributed by atoms with Gasteiger partial charge in [-0.3, -0.25) is 0 Å². The zero-order valence-electron chi connectivity index (χ0n) is 15.7. The minimum absolute atomic E-state index is 0.114. The number of halogens is 1. The Labute approximate surface area is 150 Å². The van der Waals surface area contributed by atoms with Gasteiger partial charge in [0.05, 0.1) is 17.9 Å². The van der Waals surface area contributed by atoms with Crippen molar-refractivity contribution in [1.82, 2.24) is 0 Å². The van der Waals surface area contributed by atoms with Crippen molar-refractivity contribution >= 4 is 11.4 Å². The predicted molar refractivity (Wildman–Crippen MR) is 102 cm³/mol. The summed E-state index contributed by atoms with van der Waals surface area (Å²) in [5.41, 5.74) is 8.27. The smallest absolute Gasteiger partial charge is 0.151 e. The molecule has 2 fully saturated rings. The Balaban J connectivity index is 1.66. The number of morpholine rings is 1. The number of benzene rings is 1. The van der Waals surface area contributed by atoms with Crippen molar-refractivity contribution in [1.29, 1.82) is 0 Å². The summed E-state index contributed by atoms with van der Waals surface area (Å²) in [6.45, 7) is 8.31. The fourth-order valence-corrected chi connectivity index (χ4v) is 4.13. The maximum Gasteiger partial charge on any atom is 0.151 e. The highest BCUT2D eigenvalue weighted by atomic mass is 19.1. The Hall–Kier alpha value is -1.33. The Morgan fingerprint density at radius 1 is 1.16 bits per heavy atom. The number of anilines is 2. The van der Waals surface area contributed by atoms with E-state index in [9.17, 15) is 4.39 Å². The normalized spacial score (nSPS) is 30.4. The van der Waals surface area contributed by atoms with E-state index in [0.717, 1.165) is 51.0 Å². The van der Waals surface area contributed by atoms with Crippen LogP contribution in [-0.4, -0.2) is 37.9 Å². The maximum atomic E-state index is 15.0. The molecule has 2 atom stereocenters. The van der Waals surface area contributed by atoms with Crippen LogP contribution in [0.15, 0.2) is 12.1 Å². The zero-order chi connectivity index (χ0) is 18.0. The van der Waals surface area contributed by atoms with E-state index >= 15 is 0 Å². The first-order valence-electron chi connectivity index (χ1n) is 9.63. The van der Waals surface area contributed by atoms with Crippen LogP contribution in [-0.2, 0) is 4.74 Å². The number of hydrogen-bond acceptors (Lipinski definition) is 4. The first-order valence-corrected chi connectivity index (χ1v) is 9.63. The lowest BCUT2D eigenvalue weighted by Crippen LogP contribution is -2.45. The van der Waals surface area contributed by atoms with E-state index in [4.69, 9.17) is 10.5 Å². The molecule has 1 saturated heterocycles. The molecule has 3 N–H and O–H groups in total. The van der Waals surface area contributed by atoms with Gasteiger partial charge in [-0.05, 0) is 64.5 Å². The van der Waals surface area contributed by atoms with Crippen LogP contribution in [0, 0.1) is 18.7 Å². The predicted octanol–water partition coefficient (Wildman–Crippen LogP) is 3.68. The van der Waals surface area contributed by atoms with Gasteiger partial charge in [0.1, 0.15) is 0 Å². The molecule has 0 amide bonds. The molecule has 4 nitrogen and oxygen atoms in total. The molecule has 25 heavy (non-hydrogen) atoms. The minimum atomic E-state index is -0.114. The summed E-state index contributed by atoms with van der Waals surface area (Å²) in [6.07, 6.45) is 4.78. The van der Waals surface area contributed by atoms with Gasteiger partial charge in [-0.1, -0.05) is 0 Å². The van der Waals surface area contributed by atoms with Crippen LogP contribution in [0.4, 0.5) is 15.8 Å². The van der Waals surface area contributed by atoms with Crippen molar-refractivity contribution in [2.45, 2.75) is 64.7 Å². The summed E-state index contributed by atoms with van der Waals surface area (Å²) < 4.78 is 20.7. The quantitative estimate of drug-likeness (QED) is 0.871. The Morgan fingerprint density at radius 3 is 2.44 bits per heavy atom. The van der Waals surface area contributed by atoms with E-state index in [0.29, 0.717) is 23.2 Å². The molecular formula is C20H32FN3O. The van der Waals surface area contributed by atoms with E-state index in [1.54, 1.807) is 0 Å². The van der Waals surface area contributed by atoms with E-state index in [1.165, 1.54) is 0 Å². The van der Waals surface area contributed by atoms with Gasteiger partial charge in [-0.25, -0.2) is 4.39 Å². The van der Waals surface area contributed by atoms with E-state index in [1.807, 2.05) is 32.9 Å². The molecule has 1 aromatic rings. The highest BCUT2D eigenvalue weighted by Crippen LogP contribution is 2.31. The second-order valence-electron chi connectivity index (χ2n) is 7.90. The highest BCUT2D eigenvalue weighted by Gasteiger charge is 2.25. The number of ether oxygens (including phenoxy) is 1. The van der Waals surface area contributed by atoms with Crippen LogP contribution in [0.25, 0.3) is 0 Å². The molecular weight excluding hydrogens is 317 g/mol.